The number of rotatable bonds is 3. The van der Waals surface area contributed by atoms with Gasteiger partial charge in [-0.15, -0.1) is 0 Å². The molecule has 2 heterocycles. The van der Waals surface area contributed by atoms with E-state index in [0.717, 1.165) is 29.7 Å². The van der Waals surface area contributed by atoms with Crippen molar-refractivity contribution in [2.24, 2.45) is 11.8 Å². The first-order valence-corrected chi connectivity index (χ1v) is 5.75. The maximum absolute atomic E-state index is 5.59. The lowest BCUT2D eigenvalue weighted by atomic mass is 9.94. The number of nitrogens with two attached hydrogens (primary N) is 1. The average molecular weight is 272 g/mol. The lowest BCUT2D eigenvalue weighted by molar-refractivity contribution is 0.176. The summed E-state index contributed by atoms with van der Waals surface area (Å²) in [7, 11) is 0. The highest BCUT2D eigenvalue weighted by atomic mass is 79.9. The molecule has 82 valence electrons. The van der Waals surface area contributed by atoms with Crippen LogP contribution in [0.5, 0.6) is 0 Å². The molecule has 0 amide bonds. The summed E-state index contributed by atoms with van der Waals surface area (Å²) >= 11 is 3.41. The molecule has 15 heavy (non-hydrogen) atoms. The fourth-order valence-electron chi connectivity index (χ4n) is 1.92. The zero-order valence-corrected chi connectivity index (χ0v) is 9.90. The molecule has 4 nitrogen and oxygen atoms in total. The van der Waals surface area contributed by atoms with Crippen LogP contribution in [0.15, 0.2) is 22.9 Å². The fraction of sp³-hybridized carbons (Fsp3) is 0.500. The third-order valence-corrected chi connectivity index (χ3v) is 3.13. The number of hydrogen-bond acceptors (Lipinski definition) is 4. The number of hydrogen-bond donors (Lipinski definition) is 2. The van der Waals surface area contributed by atoms with E-state index in [1.54, 1.807) is 6.20 Å². The molecule has 0 saturated carbocycles. The van der Waals surface area contributed by atoms with Gasteiger partial charge in [0.25, 0.3) is 0 Å². The fourth-order valence-corrected chi connectivity index (χ4v) is 2.30. The molecule has 1 fully saturated rings. The number of hydrazine groups is 1. The number of halogens is 1. The van der Waals surface area contributed by atoms with Crippen LogP contribution in [-0.2, 0) is 4.74 Å². The highest BCUT2D eigenvalue weighted by Gasteiger charge is 2.26. The van der Waals surface area contributed by atoms with E-state index in [4.69, 9.17) is 10.6 Å². The van der Waals surface area contributed by atoms with Crippen LogP contribution in [0.1, 0.15) is 18.0 Å². The molecule has 1 aromatic heterocycles. The first kappa shape index (κ1) is 11.0. The summed E-state index contributed by atoms with van der Waals surface area (Å²) in [5.74, 6) is 6.02. The maximum Gasteiger partial charge on any atom is 0.0526 e. The molecule has 2 unspecified atom stereocenters. The van der Waals surface area contributed by atoms with Gasteiger partial charge in [0, 0.05) is 29.4 Å². The van der Waals surface area contributed by atoms with Crippen molar-refractivity contribution in [3.05, 3.63) is 28.5 Å². The van der Waals surface area contributed by atoms with Crippen LogP contribution in [0, 0.1) is 5.92 Å². The monoisotopic (exact) mass is 271 g/mol. The lowest BCUT2D eigenvalue weighted by Crippen LogP contribution is -2.33. The van der Waals surface area contributed by atoms with Crippen LogP contribution < -0.4 is 11.3 Å². The van der Waals surface area contributed by atoms with E-state index < -0.39 is 0 Å². The molecule has 2 rings (SSSR count). The van der Waals surface area contributed by atoms with Crippen molar-refractivity contribution in [3.63, 3.8) is 0 Å². The van der Waals surface area contributed by atoms with Gasteiger partial charge in [-0.1, -0.05) is 0 Å². The Hall–Kier alpha value is -0.490. The van der Waals surface area contributed by atoms with Gasteiger partial charge < -0.3 is 4.74 Å². The Balaban J connectivity index is 2.18. The van der Waals surface area contributed by atoms with E-state index in [2.05, 4.69) is 26.3 Å². The lowest BCUT2D eigenvalue weighted by Gasteiger charge is -2.21. The van der Waals surface area contributed by atoms with Crippen LogP contribution in [0.25, 0.3) is 0 Å². The van der Waals surface area contributed by atoms with E-state index in [1.165, 1.54) is 0 Å². The van der Waals surface area contributed by atoms with Crippen LogP contribution in [-0.4, -0.2) is 18.2 Å². The van der Waals surface area contributed by atoms with E-state index >= 15 is 0 Å². The minimum absolute atomic E-state index is 0.123. The number of ether oxygens (including phenoxy) is 1. The van der Waals surface area contributed by atoms with E-state index in [0.29, 0.717) is 5.92 Å². The van der Waals surface area contributed by atoms with Gasteiger partial charge in [0.15, 0.2) is 0 Å². The van der Waals surface area contributed by atoms with Gasteiger partial charge in [0.1, 0.15) is 0 Å². The highest BCUT2D eigenvalue weighted by molar-refractivity contribution is 9.10. The van der Waals surface area contributed by atoms with Gasteiger partial charge in [-0.05, 0) is 34.0 Å². The van der Waals surface area contributed by atoms with Crippen LogP contribution in [0.2, 0.25) is 0 Å². The molecule has 0 aliphatic carbocycles. The second kappa shape index (κ2) is 5.03. The summed E-state index contributed by atoms with van der Waals surface area (Å²) < 4.78 is 6.34. The Morgan fingerprint density at radius 3 is 3.07 bits per heavy atom. The van der Waals surface area contributed by atoms with Crippen LogP contribution >= 0.6 is 15.9 Å². The molecular weight excluding hydrogens is 258 g/mol. The van der Waals surface area contributed by atoms with Crippen molar-refractivity contribution in [2.75, 3.05) is 13.2 Å². The first-order valence-electron chi connectivity index (χ1n) is 4.95. The molecule has 1 aliphatic heterocycles. The van der Waals surface area contributed by atoms with Gasteiger partial charge in [-0.2, -0.15) is 0 Å². The third kappa shape index (κ3) is 2.55. The largest absolute Gasteiger partial charge is 0.381 e. The number of pyridine rings is 1. The molecule has 0 aromatic carbocycles. The van der Waals surface area contributed by atoms with E-state index in [1.807, 2.05) is 12.3 Å². The Morgan fingerprint density at radius 1 is 1.60 bits per heavy atom. The molecule has 5 heteroatoms. The standard InChI is InChI=1S/C10H14BrN3O/c11-9-3-8(4-13-5-9)10(14-12)7-1-2-15-6-7/h3-5,7,10,14H,1-2,6,12H2. The number of aromatic nitrogens is 1. The van der Waals surface area contributed by atoms with Crippen LogP contribution in [0.4, 0.5) is 0 Å². The van der Waals surface area contributed by atoms with Crippen molar-refractivity contribution in [1.29, 1.82) is 0 Å². The second-order valence-corrected chi connectivity index (χ2v) is 4.62. The summed E-state index contributed by atoms with van der Waals surface area (Å²) in [6.07, 6.45) is 4.65. The Bertz CT molecular complexity index is 328. The molecule has 1 aromatic rings. The van der Waals surface area contributed by atoms with Crippen molar-refractivity contribution in [2.45, 2.75) is 12.5 Å². The van der Waals surface area contributed by atoms with Gasteiger partial charge in [0.05, 0.1) is 12.6 Å². The Kier molecular flexibility index (Phi) is 3.69. The summed E-state index contributed by atoms with van der Waals surface area (Å²) in [5, 5.41) is 0. The van der Waals surface area contributed by atoms with Gasteiger partial charge in [-0.3, -0.25) is 16.3 Å². The van der Waals surface area contributed by atoms with Gasteiger partial charge in [-0.25, -0.2) is 0 Å². The van der Waals surface area contributed by atoms with Crippen molar-refractivity contribution in [3.8, 4) is 0 Å². The van der Waals surface area contributed by atoms with Gasteiger partial charge in [0.2, 0.25) is 0 Å². The SMILES string of the molecule is NNC(c1cncc(Br)c1)C1CCOC1. The normalized spacial score (nSPS) is 22.9. The molecule has 3 N–H and O–H groups in total. The minimum atomic E-state index is 0.123. The highest BCUT2D eigenvalue weighted by Crippen LogP contribution is 2.28. The molecule has 0 spiro atoms. The summed E-state index contributed by atoms with van der Waals surface area (Å²) in [5.41, 5.74) is 3.95. The average Bonchev–Trinajstić information content (AvgIpc) is 2.72. The summed E-state index contributed by atoms with van der Waals surface area (Å²) in [6, 6.07) is 2.16. The van der Waals surface area contributed by atoms with Gasteiger partial charge >= 0.3 is 0 Å². The zero-order chi connectivity index (χ0) is 10.7. The molecule has 1 aliphatic rings. The Labute approximate surface area is 97.3 Å². The second-order valence-electron chi connectivity index (χ2n) is 3.70. The quantitative estimate of drug-likeness (QED) is 0.644. The minimum Gasteiger partial charge on any atom is -0.381 e. The zero-order valence-electron chi connectivity index (χ0n) is 8.32. The number of nitrogens with one attached hydrogen (secondary N) is 1. The predicted molar refractivity (Wildman–Crippen MR) is 60.9 cm³/mol. The van der Waals surface area contributed by atoms with E-state index in [-0.39, 0.29) is 6.04 Å². The third-order valence-electron chi connectivity index (χ3n) is 2.70. The first-order chi connectivity index (χ1) is 7.31. The summed E-state index contributed by atoms with van der Waals surface area (Å²) in [4.78, 5) is 4.14. The molecule has 0 radical (unpaired) electrons. The predicted octanol–water partition coefficient (Wildman–Crippen LogP) is 1.38. The van der Waals surface area contributed by atoms with Crippen molar-refractivity contribution < 1.29 is 4.74 Å². The molecule has 2 atom stereocenters. The topological polar surface area (TPSA) is 60.2 Å². The van der Waals surface area contributed by atoms with E-state index in [9.17, 15) is 0 Å². The Morgan fingerprint density at radius 2 is 2.47 bits per heavy atom. The summed E-state index contributed by atoms with van der Waals surface area (Å²) in [6.45, 7) is 1.59. The van der Waals surface area contributed by atoms with Crippen molar-refractivity contribution in [1.82, 2.24) is 10.4 Å². The molecular formula is C10H14BrN3O. The van der Waals surface area contributed by atoms with Crippen LogP contribution in [0.3, 0.4) is 0 Å². The molecule has 0 bridgehead atoms. The smallest absolute Gasteiger partial charge is 0.0526 e. The maximum atomic E-state index is 5.59. The molecule has 1 saturated heterocycles. The number of nitrogens with zero attached hydrogens (tertiary/aromatic N) is 1. The van der Waals surface area contributed by atoms with Crippen molar-refractivity contribution >= 4 is 15.9 Å².